The van der Waals surface area contributed by atoms with Crippen molar-refractivity contribution in [2.75, 3.05) is 32.9 Å². The molecule has 0 radical (unpaired) electrons. The summed E-state index contributed by atoms with van der Waals surface area (Å²) in [4.78, 5) is 16.1. The van der Waals surface area contributed by atoms with E-state index in [1.807, 2.05) is 37.2 Å². The summed E-state index contributed by atoms with van der Waals surface area (Å²) in [6.45, 7) is 1.69. The molecule has 1 atom stereocenters. The maximum atomic E-state index is 12.1. The third-order valence-electron chi connectivity index (χ3n) is 3.22. The molecule has 0 spiro atoms. The van der Waals surface area contributed by atoms with Crippen LogP contribution in [0.5, 0.6) is 0 Å². The van der Waals surface area contributed by atoms with Crippen LogP contribution in [0.15, 0.2) is 18.2 Å². The first kappa shape index (κ1) is 16.0. The Hall–Kier alpha value is -0.420. The minimum Gasteiger partial charge on any atom is -0.326 e. The van der Waals surface area contributed by atoms with E-state index in [9.17, 15) is 4.79 Å². The van der Waals surface area contributed by atoms with Gasteiger partial charge in [0, 0.05) is 22.2 Å². The number of hydrogen-bond acceptors (Lipinski definition) is 3. The van der Waals surface area contributed by atoms with Crippen LogP contribution in [0.4, 0.5) is 0 Å². The van der Waals surface area contributed by atoms with Gasteiger partial charge in [0.15, 0.2) is 0 Å². The number of hydrogen-bond donors (Lipinski definition) is 0. The van der Waals surface area contributed by atoms with E-state index >= 15 is 0 Å². The zero-order valence-corrected chi connectivity index (χ0v) is 13.9. The Morgan fingerprint density at radius 2 is 2.00 bits per heavy atom. The van der Waals surface area contributed by atoms with Crippen LogP contribution in [0.25, 0.3) is 0 Å². The van der Waals surface area contributed by atoms with Gasteiger partial charge in [-0.2, -0.15) is 0 Å². The first-order valence-corrected chi connectivity index (χ1v) is 8.31. The van der Waals surface area contributed by atoms with Gasteiger partial charge >= 0.3 is 0 Å². The van der Waals surface area contributed by atoms with Crippen molar-refractivity contribution in [1.29, 1.82) is 0 Å². The molecule has 2 rings (SSSR count). The number of thioether (sulfide) groups is 1. The van der Waals surface area contributed by atoms with Crippen LogP contribution in [0.3, 0.4) is 0 Å². The van der Waals surface area contributed by atoms with Gasteiger partial charge in [-0.05, 0) is 39.2 Å². The summed E-state index contributed by atoms with van der Waals surface area (Å²) in [6, 6.07) is 5.47. The van der Waals surface area contributed by atoms with Crippen molar-refractivity contribution in [1.82, 2.24) is 9.80 Å². The molecule has 1 aromatic carbocycles. The van der Waals surface area contributed by atoms with Crippen molar-refractivity contribution >= 4 is 40.9 Å². The second kappa shape index (κ2) is 7.03. The summed E-state index contributed by atoms with van der Waals surface area (Å²) in [6.07, 6.45) is 0.942. The maximum absolute atomic E-state index is 12.1. The number of halogens is 2. The lowest BCUT2D eigenvalue weighted by Crippen LogP contribution is -2.31. The number of nitrogens with zero attached hydrogens (tertiary/aromatic N) is 2. The Morgan fingerprint density at radius 1 is 1.35 bits per heavy atom. The fourth-order valence-corrected chi connectivity index (χ4v) is 4.26. The molecule has 6 heteroatoms. The van der Waals surface area contributed by atoms with Crippen LogP contribution >= 0.6 is 35.0 Å². The second-order valence-corrected chi connectivity index (χ2v) is 6.93. The predicted molar refractivity (Wildman–Crippen MR) is 86.5 cm³/mol. The van der Waals surface area contributed by atoms with Gasteiger partial charge in [-0.3, -0.25) is 4.79 Å². The first-order valence-electron chi connectivity index (χ1n) is 6.50. The quantitative estimate of drug-likeness (QED) is 0.824. The fraction of sp³-hybridized carbons (Fsp3) is 0.500. The van der Waals surface area contributed by atoms with Crippen molar-refractivity contribution < 1.29 is 4.79 Å². The normalized spacial score (nSPS) is 19.1. The van der Waals surface area contributed by atoms with Gasteiger partial charge in [-0.15, -0.1) is 11.8 Å². The van der Waals surface area contributed by atoms with Crippen molar-refractivity contribution in [2.45, 2.75) is 11.8 Å². The Balaban J connectivity index is 2.15. The lowest BCUT2D eigenvalue weighted by molar-refractivity contribution is -0.128. The van der Waals surface area contributed by atoms with Crippen LogP contribution < -0.4 is 0 Å². The summed E-state index contributed by atoms with van der Waals surface area (Å²) >= 11 is 14.1. The molecule has 110 valence electrons. The molecule has 0 N–H and O–H groups in total. The van der Waals surface area contributed by atoms with E-state index in [0.717, 1.165) is 25.1 Å². The molecule has 1 aliphatic rings. The minimum absolute atomic E-state index is 0.0640. The van der Waals surface area contributed by atoms with Crippen LogP contribution in [-0.4, -0.2) is 48.6 Å². The number of carbonyl (C=O) groups is 1. The summed E-state index contributed by atoms with van der Waals surface area (Å²) in [5.41, 5.74) is 0.858. The molecule has 0 saturated carbocycles. The summed E-state index contributed by atoms with van der Waals surface area (Å²) < 4.78 is 0. The highest BCUT2D eigenvalue weighted by atomic mass is 35.5. The lowest BCUT2D eigenvalue weighted by Gasteiger charge is -2.26. The Labute approximate surface area is 134 Å². The van der Waals surface area contributed by atoms with E-state index in [1.165, 1.54) is 0 Å². The number of amides is 1. The monoisotopic (exact) mass is 332 g/mol. The molecule has 1 saturated heterocycles. The van der Waals surface area contributed by atoms with Gasteiger partial charge in [-0.1, -0.05) is 29.3 Å². The summed E-state index contributed by atoms with van der Waals surface area (Å²) in [5.74, 6) is 0.656. The number of benzene rings is 1. The topological polar surface area (TPSA) is 23.6 Å². The van der Waals surface area contributed by atoms with Crippen molar-refractivity contribution in [3.05, 3.63) is 33.8 Å². The molecule has 3 nitrogen and oxygen atoms in total. The van der Waals surface area contributed by atoms with Crippen molar-refractivity contribution in [3.8, 4) is 0 Å². The van der Waals surface area contributed by atoms with E-state index in [1.54, 1.807) is 11.8 Å². The standard InChI is InChI=1S/C14H18Cl2N2OS/c1-17(2)7-4-8-18-12(19)9-20-14(18)13-10(15)5-3-6-11(13)16/h3,5-6,14H,4,7-9H2,1-2H3. The van der Waals surface area contributed by atoms with Gasteiger partial charge in [-0.25, -0.2) is 0 Å². The summed E-state index contributed by atoms with van der Waals surface area (Å²) in [7, 11) is 4.06. The van der Waals surface area contributed by atoms with Crippen LogP contribution in [0.1, 0.15) is 17.4 Å². The highest BCUT2D eigenvalue weighted by Crippen LogP contribution is 2.44. The molecule has 0 aliphatic carbocycles. The molecular weight excluding hydrogens is 315 g/mol. The van der Waals surface area contributed by atoms with Crippen LogP contribution in [0.2, 0.25) is 10.0 Å². The highest BCUT2D eigenvalue weighted by Gasteiger charge is 2.34. The summed E-state index contributed by atoms with van der Waals surface area (Å²) in [5, 5.41) is 1.19. The SMILES string of the molecule is CN(C)CCCN1C(=O)CSC1c1c(Cl)cccc1Cl. The van der Waals surface area contributed by atoms with Crippen LogP contribution in [-0.2, 0) is 4.79 Å². The molecule has 1 aliphatic heterocycles. The Bertz CT molecular complexity index is 476. The fourth-order valence-electron chi connectivity index (χ4n) is 2.24. The van der Waals surface area contributed by atoms with Gasteiger partial charge in [0.05, 0.1) is 5.75 Å². The molecule has 1 fully saturated rings. The average Bonchev–Trinajstić information content (AvgIpc) is 2.71. The Morgan fingerprint density at radius 3 is 2.60 bits per heavy atom. The molecule has 1 unspecified atom stereocenters. The molecule has 1 amide bonds. The average molecular weight is 333 g/mol. The van der Waals surface area contributed by atoms with E-state index in [2.05, 4.69) is 4.90 Å². The zero-order valence-electron chi connectivity index (χ0n) is 11.6. The zero-order chi connectivity index (χ0) is 14.7. The molecule has 0 aromatic heterocycles. The van der Waals surface area contributed by atoms with E-state index < -0.39 is 0 Å². The van der Waals surface area contributed by atoms with Gasteiger partial charge in [0.2, 0.25) is 5.91 Å². The highest BCUT2D eigenvalue weighted by molar-refractivity contribution is 8.00. The number of rotatable bonds is 5. The first-order chi connectivity index (χ1) is 9.50. The third kappa shape index (κ3) is 3.61. The minimum atomic E-state index is -0.0640. The van der Waals surface area contributed by atoms with Crippen LogP contribution in [0, 0.1) is 0 Å². The van der Waals surface area contributed by atoms with Gasteiger partial charge in [0.1, 0.15) is 5.37 Å². The van der Waals surface area contributed by atoms with E-state index in [4.69, 9.17) is 23.2 Å². The predicted octanol–water partition coefficient (Wildman–Crippen LogP) is 3.52. The molecule has 0 bridgehead atoms. The smallest absolute Gasteiger partial charge is 0.233 e. The van der Waals surface area contributed by atoms with Gasteiger partial charge < -0.3 is 9.80 Å². The van der Waals surface area contributed by atoms with Crippen molar-refractivity contribution in [2.24, 2.45) is 0 Å². The molecule has 1 heterocycles. The third-order valence-corrected chi connectivity index (χ3v) is 5.10. The van der Waals surface area contributed by atoms with E-state index in [0.29, 0.717) is 15.8 Å². The molecule has 1 aromatic rings. The maximum Gasteiger partial charge on any atom is 0.233 e. The van der Waals surface area contributed by atoms with Crippen molar-refractivity contribution in [3.63, 3.8) is 0 Å². The van der Waals surface area contributed by atoms with Gasteiger partial charge in [0.25, 0.3) is 0 Å². The number of carbonyl (C=O) groups excluding carboxylic acids is 1. The second-order valence-electron chi connectivity index (χ2n) is 5.04. The Kier molecular flexibility index (Phi) is 5.61. The largest absolute Gasteiger partial charge is 0.326 e. The molecule has 20 heavy (non-hydrogen) atoms. The molecular formula is C14H18Cl2N2OS. The van der Waals surface area contributed by atoms with E-state index in [-0.39, 0.29) is 11.3 Å². The lowest BCUT2D eigenvalue weighted by atomic mass is 10.2.